The van der Waals surface area contributed by atoms with Crippen molar-refractivity contribution in [3.8, 4) is 0 Å². The van der Waals surface area contributed by atoms with E-state index in [9.17, 15) is 4.79 Å². The first-order chi connectivity index (χ1) is 10.3. The molecule has 0 fully saturated rings. The largest absolute Gasteiger partial charge is 0.346 e. The van der Waals surface area contributed by atoms with Crippen LogP contribution in [0.25, 0.3) is 16.0 Å². The van der Waals surface area contributed by atoms with Crippen LogP contribution in [0.1, 0.15) is 16.1 Å². The van der Waals surface area contributed by atoms with Gasteiger partial charge in [0.25, 0.3) is 5.91 Å². The van der Waals surface area contributed by atoms with E-state index >= 15 is 0 Å². The van der Waals surface area contributed by atoms with E-state index in [0.29, 0.717) is 17.6 Å². The molecule has 0 bridgehead atoms. The Bertz CT molecular complexity index is 936. The first-order valence-corrected chi connectivity index (χ1v) is 7.15. The predicted molar refractivity (Wildman–Crippen MR) is 78.1 cm³/mol. The van der Waals surface area contributed by atoms with E-state index in [1.807, 2.05) is 16.0 Å². The van der Waals surface area contributed by atoms with Crippen LogP contribution in [0.3, 0.4) is 0 Å². The number of thiazole rings is 1. The van der Waals surface area contributed by atoms with E-state index in [1.54, 1.807) is 30.1 Å². The van der Waals surface area contributed by atoms with Crippen molar-refractivity contribution in [2.75, 3.05) is 0 Å². The Hall–Kier alpha value is -2.74. The van der Waals surface area contributed by atoms with Crippen LogP contribution in [-0.2, 0) is 6.54 Å². The summed E-state index contributed by atoms with van der Waals surface area (Å²) in [5, 5.41) is 4.84. The SMILES string of the molecule is O=C(NCc1cnc2sccn12)c1cncc2[nH]cnc12. The second-order valence-corrected chi connectivity index (χ2v) is 5.35. The summed E-state index contributed by atoms with van der Waals surface area (Å²) in [5.41, 5.74) is 2.75. The van der Waals surface area contributed by atoms with Crippen LogP contribution in [0.15, 0.2) is 36.5 Å². The summed E-state index contributed by atoms with van der Waals surface area (Å²) in [4.78, 5) is 28.6. The van der Waals surface area contributed by atoms with Crippen molar-refractivity contribution in [2.45, 2.75) is 6.54 Å². The molecule has 0 unspecified atom stereocenters. The van der Waals surface area contributed by atoms with Crippen LogP contribution in [-0.4, -0.2) is 30.2 Å². The number of hydrogen-bond acceptors (Lipinski definition) is 5. The number of pyridine rings is 1. The van der Waals surface area contributed by atoms with Gasteiger partial charge >= 0.3 is 0 Å². The molecule has 0 aliphatic carbocycles. The monoisotopic (exact) mass is 298 g/mol. The van der Waals surface area contributed by atoms with Crippen LogP contribution in [0.2, 0.25) is 0 Å². The van der Waals surface area contributed by atoms with E-state index < -0.39 is 0 Å². The van der Waals surface area contributed by atoms with E-state index in [0.717, 1.165) is 16.2 Å². The number of rotatable bonds is 3. The Morgan fingerprint density at radius 2 is 2.29 bits per heavy atom. The van der Waals surface area contributed by atoms with Gasteiger partial charge in [0.2, 0.25) is 0 Å². The minimum Gasteiger partial charge on any atom is -0.346 e. The van der Waals surface area contributed by atoms with Crippen LogP contribution >= 0.6 is 11.3 Å². The van der Waals surface area contributed by atoms with Crippen molar-refractivity contribution in [3.05, 3.63) is 47.8 Å². The lowest BCUT2D eigenvalue weighted by molar-refractivity contribution is 0.0951. The fourth-order valence-corrected chi connectivity index (χ4v) is 2.91. The number of nitrogens with zero attached hydrogens (tertiary/aromatic N) is 4. The Labute approximate surface area is 122 Å². The van der Waals surface area contributed by atoms with Crippen molar-refractivity contribution >= 4 is 33.2 Å². The third-order valence-corrected chi connectivity index (χ3v) is 4.00. The Morgan fingerprint density at radius 3 is 3.24 bits per heavy atom. The summed E-state index contributed by atoms with van der Waals surface area (Å²) < 4.78 is 1.96. The molecule has 4 heterocycles. The number of fused-ring (bicyclic) bond motifs is 2. The molecule has 2 N–H and O–H groups in total. The van der Waals surface area contributed by atoms with E-state index in [-0.39, 0.29) is 5.91 Å². The van der Waals surface area contributed by atoms with Crippen molar-refractivity contribution in [2.24, 2.45) is 0 Å². The van der Waals surface area contributed by atoms with Gasteiger partial charge in [0.05, 0.1) is 42.0 Å². The van der Waals surface area contributed by atoms with Gasteiger partial charge in [0.15, 0.2) is 4.96 Å². The third kappa shape index (κ3) is 1.96. The molecule has 0 radical (unpaired) electrons. The number of carbonyl (C=O) groups excluding carboxylic acids is 1. The van der Waals surface area contributed by atoms with Crippen LogP contribution in [0.4, 0.5) is 0 Å². The standard InChI is InChI=1S/C13H10N6OS/c20-12(9-5-14-6-10-11(9)18-7-17-10)15-3-8-4-16-13-19(8)1-2-21-13/h1-2,4-7H,3H2,(H,15,20)(H,17,18). The molecule has 21 heavy (non-hydrogen) atoms. The molecule has 1 amide bonds. The molecule has 104 valence electrons. The van der Waals surface area contributed by atoms with Crippen LogP contribution in [0, 0.1) is 0 Å². The maximum atomic E-state index is 12.3. The summed E-state index contributed by atoms with van der Waals surface area (Å²) in [6, 6.07) is 0. The lowest BCUT2D eigenvalue weighted by atomic mass is 10.2. The molecule has 7 nitrogen and oxygen atoms in total. The molecular weight excluding hydrogens is 288 g/mol. The number of carbonyl (C=O) groups is 1. The molecule has 4 aromatic rings. The zero-order chi connectivity index (χ0) is 14.2. The normalized spacial score (nSPS) is 11.2. The van der Waals surface area contributed by atoms with Crippen molar-refractivity contribution in [1.82, 2.24) is 29.7 Å². The minimum atomic E-state index is -0.203. The molecular formula is C13H10N6OS. The quantitative estimate of drug-likeness (QED) is 0.601. The molecule has 0 aliphatic heterocycles. The molecule has 0 saturated carbocycles. The fraction of sp³-hybridized carbons (Fsp3) is 0.0769. The second-order valence-electron chi connectivity index (χ2n) is 4.47. The smallest absolute Gasteiger partial charge is 0.255 e. The molecule has 4 rings (SSSR count). The summed E-state index contributed by atoms with van der Waals surface area (Å²) in [5.74, 6) is -0.203. The fourth-order valence-electron chi connectivity index (χ4n) is 2.20. The molecule has 0 aromatic carbocycles. The van der Waals surface area contributed by atoms with Crippen LogP contribution < -0.4 is 5.32 Å². The second kappa shape index (κ2) is 4.67. The van der Waals surface area contributed by atoms with E-state index in [4.69, 9.17) is 0 Å². The van der Waals surface area contributed by atoms with Crippen molar-refractivity contribution < 1.29 is 4.79 Å². The highest BCUT2D eigenvalue weighted by Crippen LogP contribution is 2.14. The highest BCUT2D eigenvalue weighted by molar-refractivity contribution is 7.15. The molecule has 0 saturated heterocycles. The number of hydrogen-bond donors (Lipinski definition) is 2. The molecule has 4 aromatic heterocycles. The average Bonchev–Trinajstić information content (AvgIpc) is 3.20. The van der Waals surface area contributed by atoms with E-state index in [1.165, 1.54) is 6.20 Å². The number of H-pyrrole nitrogens is 1. The third-order valence-electron chi connectivity index (χ3n) is 3.23. The highest BCUT2D eigenvalue weighted by atomic mass is 32.1. The Morgan fingerprint density at radius 1 is 1.33 bits per heavy atom. The first-order valence-electron chi connectivity index (χ1n) is 6.27. The zero-order valence-electron chi connectivity index (χ0n) is 10.8. The maximum absolute atomic E-state index is 12.3. The number of aromatic nitrogens is 5. The Balaban J connectivity index is 1.59. The van der Waals surface area contributed by atoms with Gasteiger partial charge in [-0.2, -0.15) is 0 Å². The number of nitrogens with one attached hydrogen (secondary N) is 2. The molecule has 8 heteroatoms. The molecule has 0 aliphatic rings. The summed E-state index contributed by atoms with van der Waals surface area (Å²) in [6.07, 6.45) is 8.42. The van der Waals surface area contributed by atoms with Gasteiger partial charge in [-0.15, -0.1) is 11.3 Å². The van der Waals surface area contributed by atoms with Gasteiger partial charge in [0.1, 0.15) is 5.52 Å². The van der Waals surface area contributed by atoms with Gasteiger partial charge < -0.3 is 10.3 Å². The average molecular weight is 298 g/mol. The maximum Gasteiger partial charge on any atom is 0.255 e. The Kier molecular flexibility index (Phi) is 2.68. The van der Waals surface area contributed by atoms with Gasteiger partial charge in [0, 0.05) is 17.8 Å². The number of amides is 1. The summed E-state index contributed by atoms with van der Waals surface area (Å²) >= 11 is 1.56. The van der Waals surface area contributed by atoms with Crippen molar-refractivity contribution in [1.29, 1.82) is 0 Å². The lowest BCUT2D eigenvalue weighted by Gasteiger charge is -2.04. The van der Waals surface area contributed by atoms with Gasteiger partial charge in [-0.05, 0) is 0 Å². The topological polar surface area (TPSA) is 88.0 Å². The van der Waals surface area contributed by atoms with Crippen LogP contribution in [0.5, 0.6) is 0 Å². The van der Waals surface area contributed by atoms with Gasteiger partial charge in [-0.3, -0.25) is 14.2 Å². The first kappa shape index (κ1) is 12.0. The zero-order valence-corrected chi connectivity index (χ0v) is 11.6. The number of aromatic amines is 1. The summed E-state index contributed by atoms with van der Waals surface area (Å²) in [6.45, 7) is 0.400. The molecule has 0 atom stereocenters. The van der Waals surface area contributed by atoms with E-state index in [2.05, 4.69) is 25.3 Å². The summed E-state index contributed by atoms with van der Waals surface area (Å²) in [7, 11) is 0. The lowest BCUT2D eigenvalue weighted by Crippen LogP contribution is -2.23. The predicted octanol–water partition coefficient (Wildman–Crippen LogP) is 1.60. The van der Waals surface area contributed by atoms with Gasteiger partial charge in [-0.1, -0.05) is 0 Å². The minimum absolute atomic E-state index is 0.203. The molecule has 0 spiro atoms. The number of imidazole rings is 2. The van der Waals surface area contributed by atoms with Crippen molar-refractivity contribution in [3.63, 3.8) is 0 Å². The highest BCUT2D eigenvalue weighted by Gasteiger charge is 2.13. The van der Waals surface area contributed by atoms with Gasteiger partial charge in [-0.25, -0.2) is 9.97 Å².